The van der Waals surface area contributed by atoms with Crippen LogP contribution in [0.15, 0.2) is 12.1 Å². The van der Waals surface area contributed by atoms with Crippen LogP contribution in [-0.2, 0) is 11.8 Å². The fourth-order valence-corrected chi connectivity index (χ4v) is 1.62. The number of hydrogen-bond acceptors (Lipinski definition) is 1. The number of phenolic OH excluding ortho intramolecular Hbond substituents is 1. The van der Waals surface area contributed by atoms with Gasteiger partial charge in [0.05, 0.1) is 0 Å². The predicted molar refractivity (Wildman–Crippen MR) is 60.6 cm³/mol. The lowest BCUT2D eigenvalue weighted by Gasteiger charge is -2.22. The van der Waals surface area contributed by atoms with Crippen LogP contribution in [0, 0.1) is 13.8 Å². The Hall–Kier alpha value is -0.980. The first kappa shape index (κ1) is 11.1. The number of benzene rings is 1. The van der Waals surface area contributed by atoms with Gasteiger partial charge in [-0.1, -0.05) is 38.5 Å². The third-order valence-electron chi connectivity index (χ3n) is 2.41. The van der Waals surface area contributed by atoms with Gasteiger partial charge in [-0.2, -0.15) is 0 Å². The highest BCUT2D eigenvalue weighted by molar-refractivity contribution is 5.46. The molecule has 14 heavy (non-hydrogen) atoms. The first-order valence-electron chi connectivity index (χ1n) is 4.98. The van der Waals surface area contributed by atoms with Crippen molar-refractivity contribution in [3.63, 3.8) is 0 Å². The SMILES string of the molecule is [CH2]Cc1cc(C)cc(C(C)(C)C)c1O. The maximum atomic E-state index is 10.0. The molecule has 0 fully saturated rings. The summed E-state index contributed by atoms with van der Waals surface area (Å²) in [5.74, 6) is 0.415. The van der Waals surface area contributed by atoms with E-state index < -0.39 is 0 Å². The van der Waals surface area contributed by atoms with Crippen molar-refractivity contribution >= 4 is 0 Å². The first-order chi connectivity index (χ1) is 6.36. The lowest BCUT2D eigenvalue weighted by molar-refractivity contribution is 0.441. The van der Waals surface area contributed by atoms with E-state index in [1.54, 1.807) is 0 Å². The Kier molecular flexibility index (Phi) is 2.89. The van der Waals surface area contributed by atoms with Crippen LogP contribution >= 0.6 is 0 Å². The highest BCUT2D eigenvalue weighted by atomic mass is 16.3. The van der Waals surface area contributed by atoms with Crippen molar-refractivity contribution in [2.75, 3.05) is 0 Å². The van der Waals surface area contributed by atoms with Crippen molar-refractivity contribution in [3.05, 3.63) is 35.7 Å². The van der Waals surface area contributed by atoms with Gasteiger partial charge < -0.3 is 5.11 Å². The molecule has 0 heterocycles. The molecule has 0 bridgehead atoms. The minimum Gasteiger partial charge on any atom is -0.507 e. The van der Waals surface area contributed by atoms with Gasteiger partial charge in [0.15, 0.2) is 0 Å². The van der Waals surface area contributed by atoms with E-state index in [0.717, 1.165) is 11.1 Å². The molecule has 0 unspecified atom stereocenters. The van der Waals surface area contributed by atoms with E-state index in [4.69, 9.17) is 0 Å². The zero-order valence-corrected chi connectivity index (χ0v) is 9.52. The second-order valence-corrected chi connectivity index (χ2v) is 4.82. The quantitative estimate of drug-likeness (QED) is 0.721. The first-order valence-corrected chi connectivity index (χ1v) is 4.98. The van der Waals surface area contributed by atoms with Crippen molar-refractivity contribution in [2.45, 2.75) is 39.5 Å². The Morgan fingerprint density at radius 3 is 2.29 bits per heavy atom. The monoisotopic (exact) mass is 191 g/mol. The molecular weight excluding hydrogens is 172 g/mol. The second-order valence-electron chi connectivity index (χ2n) is 4.82. The molecule has 0 aliphatic carbocycles. The largest absolute Gasteiger partial charge is 0.507 e. The van der Waals surface area contributed by atoms with Gasteiger partial charge in [0.1, 0.15) is 5.75 Å². The van der Waals surface area contributed by atoms with Crippen LogP contribution in [-0.4, -0.2) is 5.11 Å². The molecule has 1 radical (unpaired) electrons. The minimum atomic E-state index is -0.0139. The molecule has 0 saturated heterocycles. The molecule has 1 rings (SSSR count). The van der Waals surface area contributed by atoms with Gasteiger partial charge in [-0.3, -0.25) is 0 Å². The van der Waals surface area contributed by atoms with Crippen molar-refractivity contribution in [1.29, 1.82) is 0 Å². The van der Waals surface area contributed by atoms with E-state index in [2.05, 4.69) is 33.8 Å². The Bertz CT molecular complexity index is 332. The van der Waals surface area contributed by atoms with Crippen LogP contribution in [0.2, 0.25) is 0 Å². The molecule has 0 saturated carbocycles. The molecule has 77 valence electrons. The summed E-state index contributed by atoms with van der Waals surface area (Å²) in [4.78, 5) is 0. The molecule has 0 atom stereocenters. The topological polar surface area (TPSA) is 20.2 Å². The summed E-state index contributed by atoms with van der Waals surface area (Å²) in [6, 6.07) is 4.05. The fourth-order valence-electron chi connectivity index (χ4n) is 1.62. The molecule has 0 amide bonds. The van der Waals surface area contributed by atoms with Gasteiger partial charge in [0.25, 0.3) is 0 Å². The summed E-state index contributed by atoms with van der Waals surface area (Å²) in [7, 11) is 0. The standard InChI is InChI=1S/C13H19O/c1-6-10-7-9(2)8-11(12(10)14)13(3,4)5/h7-8,14H,1,6H2,2-5H3. The fraction of sp³-hybridized carbons (Fsp3) is 0.462. The Morgan fingerprint density at radius 1 is 1.29 bits per heavy atom. The molecule has 0 aliphatic rings. The summed E-state index contributed by atoms with van der Waals surface area (Å²) < 4.78 is 0. The third kappa shape index (κ3) is 2.09. The zero-order chi connectivity index (χ0) is 10.9. The molecule has 1 aromatic carbocycles. The highest BCUT2D eigenvalue weighted by Crippen LogP contribution is 2.34. The van der Waals surface area contributed by atoms with Crippen molar-refractivity contribution in [3.8, 4) is 5.75 Å². The van der Waals surface area contributed by atoms with Crippen molar-refractivity contribution < 1.29 is 5.11 Å². The van der Waals surface area contributed by atoms with Crippen LogP contribution in [0.3, 0.4) is 0 Å². The lowest BCUT2D eigenvalue weighted by Crippen LogP contribution is -2.12. The van der Waals surface area contributed by atoms with Crippen molar-refractivity contribution in [2.24, 2.45) is 0 Å². The van der Waals surface area contributed by atoms with Gasteiger partial charge in [-0.15, -0.1) is 0 Å². The third-order valence-corrected chi connectivity index (χ3v) is 2.41. The molecule has 1 aromatic rings. The normalized spacial score (nSPS) is 11.8. The number of aromatic hydroxyl groups is 1. The van der Waals surface area contributed by atoms with Crippen LogP contribution in [0.5, 0.6) is 5.75 Å². The Balaban J connectivity index is 3.37. The zero-order valence-electron chi connectivity index (χ0n) is 9.52. The average Bonchev–Trinajstić information content (AvgIpc) is 2.06. The van der Waals surface area contributed by atoms with Gasteiger partial charge >= 0.3 is 0 Å². The van der Waals surface area contributed by atoms with Gasteiger partial charge in [0.2, 0.25) is 0 Å². The maximum Gasteiger partial charge on any atom is 0.122 e. The van der Waals surface area contributed by atoms with Gasteiger partial charge in [0, 0.05) is 0 Å². The smallest absolute Gasteiger partial charge is 0.122 e. The summed E-state index contributed by atoms with van der Waals surface area (Å²) in [6.07, 6.45) is 0.636. The van der Waals surface area contributed by atoms with Crippen LogP contribution < -0.4 is 0 Å². The Labute approximate surface area is 86.8 Å². The maximum absolute atomic E-state index is 10.0. The van der Waals surface area contributed by atoms with E-state index in [-0.39, 0.29) is 5.41 Å². The number of rotatable bonds is 1. The number of phenols is 1. The number of aryl methyl sites for hydroxylation is 1. The highest BCUT2D eigenvalue weighted by Gasteiger charge is 2.19. The van der Waals surface area contributed by atoms with E-state index >= 15 is 0 Å². The molecule has 0 aromatic heterocycles. The second kappa shape index (κ2) is 3.64. The Morgan fingerprint density at radius 2 is 1.86 bits per heavy atom. The van der Waals surface area contributed by atoms with Crippen LogP contribution in [0.25, 0.3) is 0 Å². The number of hydrogen-bond donors (Lipinski definition) is 1. The lowest BCUT2D eigenvalue weighted by atomic mass is 9.84. The van der Waals surface area contributed by atoms with Crippen LogP contribution in [0.4, 0.5) is 0 Å². The summed E-state index contributed by atoms with van der Waals surface area (Å²) >= 11 is 0. The minimum absolute atomic E-state index is 0.0139. The average molecular weight is 191 g/mol. The molecular formula is C13H19O. The van der Waals surface area contributed by atoms with Gasteiger partial charge in [-0.05, 0) is 36.8 Å². The molecule has 1 heteroatoms. The molecule has 1 N–H and O–H groups in total. The summed E-state index contributed by atoms with van der Waals surface area (Å²) in [5.41, 5.74) is 3.12. The molecule has 0 aliphatic heterocycles. The van der Waals surface area contributed by atoms with Crippen molar-refractivity contribution in [1.82, 2.24) is 0 Å². The molecule has 1 nitrogen and oxygen atoms in total. The summed E-state index contributed by atoms with van der Waals surface area (Å²) in [6.45, 7) is 12.2. The van der Waals surface area contributed by atoms with E-state index in [1.165, 1.54) is 5.56 Å². The van der Waals surface area contributed by atoms with E-state index in [1.807, 2.05) is 13.0 Å². The van der Waals surface area contributed by atoms with Gasteiger partial charge in [-0.25, -0.2) is 0 Å². The summed E-state index contributed by atoms with van der Waals surface area (Å²) in [5, 5.41) is 10.0. The van der Waals surface area contributed by atoms with E-state index in [9.17, 15) is 5.11 Å². The van der Waals surface area contributed by atoms with Crippen LogP contribution in [0.1, 0.15) is 37.5 Å². The predicted octanol–water partition coefficient (Wildman–Crippen LogP) is 3.37. The van der Waals surface area contributed by atoms with E-state index in [0.29, 0.717) is 12.2 Å². The molecule has 0 spiro atoms.